The fraction of sp³-hybridized carbons (Fsp3) is 0.400. The van der Waals surface area contributed by atoms with Crippen LogP contribution >= 0.6 is 0 Å². The van der Waals surface area contributed by atoms with Crippen molar-refractivity contribution in [2.45, 2.75) is 58.8 Å². The van der Waals surface area contributed by atoms with Crippen LogP contribution in [-0.4, -0.2) is 50.2 Å². The molecule has 1 atom stereocenters. The summed E-state index contributed by atoms with van der Waals surface area (Å²) in [6.45, 7) is 6.31. The lowest BCUT2D eigenvalue weighted by atomic mass is 9.96. The van der Waals surface area contributed by atoms with E-state index in [1.807, 2.05) is 38.2 Å². The van der Waals surface area contributed by atoms with Gasteiger partial charge in [0.05, 0.1) is 18.2 Å². The van der Waals surface area contributed by atoms with Crippen molar-refractivity contribution in [1.82, 2.24) is 24.6 Å². The summed E-state index contributed by atoms with van der Waals surface area (Å²) in [6, 6.07) is 14.5. The highest BCUT2D eigenvalue weighted by Gasteiger charge is 2.41. The molecular formula is C35H37F3N8O. The number of benzene rings is 2. The number of aryl methyl sites for hydroxylation is 2. The van der Waals surface area contributed by atoms with Gasteiger partial charge in [-0.25, -0.2) is 4.98 Å². The Morgan fingerprint density at radius 3 is 2.66 bits per heavy atom. The van der Waals surface area contributed by atoms with E-state index in [4.69, 9.17) is 10.2 Å². The van der Waals surface area contributed by atoms with E-state index < -0.39 is 17.6 Å². The maximum absolute atomic E-state index is 14.5. The number of halogens is 3. The fourth-order valence-corrected chi connectivity index (χ4v) is 6.59. The largest absolute Gasteiger partial charge is 0.416 e. The number of anilines is 2. The maximum atomic E-state index is 14.5. The van der Waals surface area contributed by atoms with E-state index in [9.17, 15) is 18.0 Å². The summed E-state index contributed by atoms with van der Waals surface area (Å²) in [5.41, 5.74) is 3.03. The van der Waals surface area contributed by atoms with Crippen molar-refractivity contribution in [3.05, 3.63) is 76.6 Å². The zero-order valence-corrected chi connectivity index (χ0v) is 26.7. The molecule has 12 heteroatoms. The van der Waals surface area contributed by atoms with Crippen molar-refractivity contribution in [3.63, 3.8) is 0 Å². The molecule has 1 fully saturated rings. The molecule has 4 aromatic rings. The van der Waals surface area contributed by atoms with Crippen molar-refractivity contribution in [3.8, 4) is 28.6 Å². The van der Waals surface area contributed by atoms with Gasteiger partial charge in [-0.1, -0.05) is 30.7 Å². The lowest BCUT2D eigenvalue weighted by molar-refractivity contribution is -0.138. The maximum Gasteiger partial charge on any atom is 0.416 e. The Morgan fingerprint density at radius 2 is 1.94 bits per heavy atom. The molecule has 2 aromatic heterocycles. The Bertz CT molecular complexity index is 1840. The summed E-state index contributed by atoms with van der Waals surface area (Å²) in [5, 5.41) is 20.6. The fourth-order valence-electron chi connectivity index (χ4n) is 6.59. The molecule has 6 rings (SSSR count). The highest BCUT2D eigenvalue weighted by atomic mass is 19.4. The van der Waals surface area contributed by atoms with Gasteiger partial charge in [0.1, 0.15) is 18.0 Å². The van der Waals surface area contributed by atoms with Crippen molar-refractivity contribution < 1.29 is 18.0 Å². The van der Waals surface area contributed by atoms with Crippen molar-refractivity contribution in [1.29, 1.82) is 5.26 Å². The standard InChI is InChI=1S/C35H37F3N8O/c1-22-8-9-26(33-43-41-21-44(33)3)27(13-22)25-16-31(40-11-5-4-10-39)42-32(17-25)46-20-29-28(34(46)47)14-24(15-30(29)35(36,37)38)19-45-12-6-7-23(2)18-45/h8-9,13-17,21,23H,4-7,11-12,18-20H2,1-3H3,(H,40,42)/t23-/m0/s1. The van der Waals surface area contributed by atoms with Crippen LogP contribution in [0.3, 0.4) is 0 Å². The number of hydrogen-bond acceptors (Lipinski definition) is 7. The summed E-state index contributed by atoms with van der Waals surface area (Å²) in [5.74, 6) is 1.27. The van der Waals surface area contributed by atoms with Gasteiger partial charge in [0.2, 0.25) is 0 Å². The van der Waals surface area contributed by atoms with E-state index in [0.29, 0.717) is 54.6 Å². The molecule has 0 unspecified atom stereocenters. The number of pyridine rings is 1. The zero-order chi connectivity index (χ0) is 33.3. The third-order valence-electron chi connectivity index (χ3n) is 8.85. The van der Waals surface area contributed by atoms with E-state index in [1.165, 1.54) is 11.0 Å². The zero-order valence-electron chi connectivity index (χ0n) is 26.7. The van der Waals surface area contributed by atoms with E-state index in [0.717, 1.165) is 42.6 Å². The topological polar surface area (TPSA) is 103 Å². The molecule has 2 aliphatic heterocycles. The first-order valence-electron chi connectivity index (χ1n) is 15.9. The molecule has 2 aromatic carbocycles. The quantitative estimate of drug-likeness (QED) is 0.197. The Kier molecular flexibility index (Phi) is 9.01. The number of nitriles is 1. The molecule has 9 nitrogen and oxygen atoms in total. The number of fused-ring (bicyclic) bond motifs is 1. The average Bonchev–Trinajstić information content (AvgIpc) is 3.61. The van der Waals surface area contributed by atoms with Crippen molar-refractivity contribution in [2.75, 3.05) is 29.9 Å². The first-order valence-corrected chi connectivity index (χ1v) is 15.9. The van der Waals surface area contributed by atoms with E-state index in [2.05, 4.69) is 33.4 Å². The van der Waals surface area contributed by atoms with Crippen LogP contribution in [0.15, 0.2) is 48.8 Å². The third kappa shape index (κ3) is 6.86. The van der Waals surface area contributed by atoms with Crippen LogP contribution in [0.2, 0.25) is 0 Å². The first kappa shape index (κ1) is 32.2. The second-order valence-electron chi connectivity index (χ2n) is 12.6. The second-order valence-corrected chi connectivity index (χ2v) is 12.6. The Hall–Kier alpha value is -4.76. The number of aromatic nitrogens is 4. The summed E-state index contributed by atoms with van der Waals surface area (Å²) >= 11 is 0. The summed E-state index contributed by atoms with van der Waals surface area (Å²) < 4.78 is 45.4. The number of carbonyl (C=O) groups is 1. The van der Waals surface area contributed by atoms with Gasteiger partial charge in [-0.3, -0.25) is 14.6 Å². The van der Waals surface area contributed by atoms with Crippen LogP contribution < -0.4 is 10.2 Å². The Balaban J connectivity index is 1.42. The molecule has 0 saturated carbocycles. The minimum Gasteiger partial charge on any atom is -0.370 e. The summed E-state index contributed by atoms with van der Waals surface area (Å²) in [4.78, 5) is 22.2. The van der Waals surface area contributed by atoms with Crippen molar-refractivity contribution >= 4 is 17.5 Å². The monoisotopic (exact) mass is 642 g/mol. The molecule has 0 spiro atoms. The van der Waals surface area contributed by atoms with Gasteiger partial charge in [-0.15, -0.1) is 10.2 Å². The number of carbonyl (C=O) groups excluding carboxylic acids is 1. The third-order valence-corrected chi connectivity index (χ3v) is 8.85. The number of unbranched alkanes of at least 4 members (excludes halogenated alkanes) is 1. The average molecular weight is 643 g/mol. The van der Waals surface area contributed by atoms with Gasteiger partial charge >= 0.3 is 6.18 Å². The molecule has 0 aliphatic carbocycles. The minimum atomic E-state index is -4.62. The van der Waals surface area contributed by atoms with Crippen LogP contribution in [0, 0.1) is 24.2 Å². The van der Waals surface area contributed by atoms with Crippen LogP contribution in [0.1, 0.15) is 65.2 Å². The van der Waals surface area contributed by atoms with Crippen LogP contribution in [0.4, 0.5) is 24.8 Å². The molecule has 47 heavy (non-hydrogen) atoms. The molecule has 1 saturated heterocycles. The molecule has 1 N–H and O–H groups in total. The van der Waals surface area contributed by atoms with Gasteiger partial charge in [0.15, 0.2) is 5.82 Å². The lowest BCUT2D eigenvalue weighted by Crippen LogP contribution is -2.33. The first-order chi connectivity index (χ1) is 22.5. The number of rotatable bonds is 9. The van der Waals surface area contributed by atoms with E-state index in [-0.39, 0.29) is 23.5 Å². The van der Waals surface area contributed by atoms with Gasteiger partial charge in [0, 0.05) is 44.2 Å². The van der Waals surface area contributed by atoms with Gasteiger partial charge < -0.3 is 9.88 Å². The number of hydrogen-bond donors (Lipinski definition) is 1. The predicted molar refractivity (Wildman–Crippen MR) is 173 cm³/mol. The van der Waals surface area contributed by atoms with Gasteiger partial charge in [-0.05, 0) is 85.2 Å². The summed E-state index contributed by atoms with van der Waals surface area (Å²) in [6.07, 6.45) is 0.0178. The number of amides is 1. The predicted octanol–water partition coefficient (Wildman–Crippen LogP) is 6.98. The summed E-state index contributed by atoms with van der Waals surface area (Å²) in [7, 11) is 1.84. The van der Waals surface area contributed by atoms with Crippen LogP contribution in [0.25, 0.3) is 22.5 Å². The van der Waals surface area contributed by atoms with Crippen LogP contribution in [-0.2, 0) is 26.3 Å². The molecule has 0 radical (unpaired) electrons. The normalized spacial score (nSPS) is 16.7. The number of nitrogens with zero attached hydrogens (tertiary/aromatic N) is 7. The van der Waals surface area contributed by atoms with Gasteiger partial charge in [0.25, 0.3) is 5.91 Å². The van der Waals surface area contributed by atoms with Gasteiger partial charge in [-0.2, -0.15) is 18.4 Å². The smallest absolute Gasteiger partial charge is 0.370 e. The lowest BCUT2D eigenvalue weighted by Gasteiger charge is -2.31. The molecular weight excluding hydrogens is 605 g/mol. The molecule has 2 aliphatic rings. The van der Waals surface area contributed by atoms with E-state index >= 15 is 0 Å². The minimum absolute atomic E-state index is 0.0377. The Morgan fingerprint density at radius 1 is 1.11 bits per heavy atom. The number of alkyl halides is 3. The Labute approximate surface area is 272 Å². The SMILES string of the molecule is Cc1ccc(-c2nncn2C)c(-c2cc(NCCCC#N)nc(N3Cc4c(cc(CN5CCC[C@H](C)C5)cc4C(F)(F)F)C3=O)c2)c1. The van der Waals surface area contributed by atoms with Crippen LogP contribution in [0.5, 0.6) is 0 Å². The molecule has 1 amide bonds. The second kappa shape index (κ2) is 13.2. The van der Waals surface area contributed by atoms with Crippen molar-refractivity contribution in [2.24, 2.45) is 13.0 Å². The molecule has 244 valence electrons. The van der Waals surface area contributed by atoms with E-state index in [1.54, 1.807) is 23.0 Å². The number of nitrogens with one attached hydrogen (secondary N) is 1. The number of likely N-dealkylation sites (tertiary alicyclic amines) is 1. The molecule has 4 heterocycles. The highest BCUT2D eigenvalue weighted by Crippen LogP contribution is 2.41. The molecule has 0 bridgehead atoms. The number of piperidine rings is 1. The highest BCUT2D eigenvalue weighted by molar-refractivity contribution is 6.10.